The second-order valence-electron chi connectivity index (χ2n) is 3.97. The highest BCUT2D eigenvalue weighted by Crippen LogP contribution is 2.22. The monoisotopic (exact) mass is 281 g/mol. The van der Waals surface area contributed by atoms with Gasteiger partial charge < -0.3 is 0 Å². The maximum Gasteiger partial charge on any atom is 0.268 e. The van der Waals surface area contributed by atoms with Gasteiger partial charge in [0.25, 0.3) is 10.0 Å². The molecular weight excluding hydrogens is 269 g/mol. The molecule has 0 unspecified atom stereocenters. The molecule has 0 amide bonds. The Bertz CT molecular complexity index is 689. The predicted octanol–water partition coefficient (Wildman–Crippen LogP) is 1.75. The molecule has 0 radical (unpaired) electrons. The first-order valence-corrected chi connectivity index (χ1v) is 6.88. The molecule has 1 heterocycles. The van der Waals surface area contributed by atoms with E-state index in [-0.39, 0.29) is 10.7 Å². The van der Waals surface area contributed by atoms with Gasteiger partial charge in [0.15, 0.2) is 5.82 Å². The van der Waals surface area contributed by atoms with Crippen molar-refractivity contribution in [2.24, 2.45) is 0 Å². The number of sulfonamides is 1. The molecule has 0 aliphatic carbocycles. The number of halogens is 1. The van der Waals surface area contributed by atoms with Crippen molar-refractivity contribution in [3.63, 3.8) is 0 Å². The molecule has 0 fully saturated rings. The van der Waals surface area contributed by atoms with Gasteiger partial charge in [-0.25, -0.2) is 17.8 Å². The smallest absolute Gasteiger partial charge is 0.259 e. The summed E-state index contributed by atoms with van der Waals surface area (Å²) >= 11 is 0. The lowest BCUT2D eigenvalue weighted by molar-refractivity contribution is 0.565. The third-order valence-electron chi connectivity index (χ3n) is 2.60. The summed E-state index contributed by atoms with van der Waals surface area (Å²) in [6, 6.07) is 3.96. The van der Waals surface area contributed by atoms with Crippen molar-refractivity contribution in [2.75, 3.05) is 11.4 Å². The van der Waals surface area contributed by atoms with Gasteiger partial charge in [-0.3, -0.25) is 9.29 Å². The van der Waals surface area contributed by atoms with Gasteiger partial charge in [-0.2, -0.15) is 0 Å². The molecule has 1 aromatic heterocycles. The average molecular weight is 281 g/mol. The Morgan fingerprint density at radius 2 is 2.00 bits per heavy atom. The van der Waals surface area contributed by atoms with E-state index >= 15 is 0 Å². The fraction of sp³-hybridized carbons (Fsp3) is 0.167. The zero-order chi connectivity index (χ0) is 14.0. The first kappa shape index (κ1) is 13.4. The minimum absolute atomic E-state index is 0.127. The molecule has 1 aromatic carbocycles. The summed E-state index contributed by atoms with van der Waals surface area (Å²) in [5.41, 5.74) is 0.651. The van der Waals surface area contributed by atoms with Gasteiger partial charge in [0.1, 0.15) is 10.7 Å². The van der Waals surface area contributed by atoms with Crippen LogP contribution in [-0.4, -0.2) is 25.4 Å². The van der Waals surface area contributed by atoms with Crippen LogP contribution in [0, 0.1) is 12.7 Å². The zero-order valence-electron chi connectivity index (χ0n) is 10.4. The van der Waals surface area contributed by atoms with Gasteiger partial charge >= 0.3 is 0 Å². The Kier molecular flexibility index (Phi) is 3.48. The van der Waals surface area contributed by atoms with E-state index in [0.29, 0.717) is 5.56 Å². The summed E-state index contributed by atoms with van der Waals surface area (Å²) in [6.07, 6.45) is 4.09. The van der Waals surface area contributed by atoms with Crippen LogP contribution in [0.2, 0.25) is 0 Å². The third-order valence-corrected chi connectivity index (χ3v) is 4.39. The lowest BCUT2D eigenvalue weighted by Gasteiger charge is -2.18. The molecule has 0 aliphatic heterocycles. The molecule has 0 saturated carbocycles. The minimum atomic E-state index is -3.98. The molecule has 7 heteroatoms. The van der Waals surface area contributed by atoms with Gasteiger partial charge in [0, 0.05) is 19.4 Å². The van der Waals surface area contributed by atoms with Crippen LogP contribution >= 0.6 is 0 Å². The number of hydrogen-bond donors (Lipinski definition) is 0. The summed E-state index contributed by atoms with van der Waals surface area (Å²) in [7, 11) is -2.68. The van der Waals surface area contributed by atoms with Gasteiger partial charge in [-0.15, -0.1) is 0 Å². The largest absolute Gasteiger partial charge is 0.268 e. The Morgan fingerprint density at radius 3 is 2.58 bits per heavy atom. The van der Waals surface area contributed by atoms with Crippen molar-refractivity contribution < 1.29 is 12.8 Å². The first-order chi connectivity index (χ1) is 8.93. The van der Waals surface area contributed by atoms with Crippen molar-refractivity contribution in [3.05, 3.63) is 48.2 Å². The van der Waals surface area contributed by atoms with Crippen LogP contribution in [0.1, 0.15) is 5.56 Å². The molecule has 0 bridgehead atoms. The topological polar surface area (TPSA) is 63.2 Å². The number of hydrogen-bond acceptors (Lipinski definition) is 4. The Labute approximate surface area is 110 Å². The van der Waals surface area contributed by atoms with Crippen molar-refractivity contribution in [1.29, 1.82) is 0 Å². The van der Waals surface area contributed by atoms with E-state index in [0.717, 1.165) is 4.31 Å². The number of nitrogens with zero attached hydrogens (tertiary/aromatic N) is 3. The lowest BCUT2D eigenvalue weighted by Crippen LogP contribution is -2.28. The second-order valence-corrected chi connectivity index (χ2v) is 5.91. The molecule has 5 nitrogen and oxygen atoms in total. The van der Waals surface area contributed by atoms with E-state index in [1.165, 1.54) is 37.8 Å². The van der Waals surface area contributed by atoms with Crippen LogP contribution in [0.3, 0.4) is 0 Å². The van der Waals surface area contributed by atoms with Gasteiger partial charge in [-0.05, 0) is 24.6 Å². The average Bonchev–Trinajstić information content (AvgIpc) is 2.38. The van der Waals surface area contributed by atoms with Crippen molar-refractivity contribution in [1.82, 2.24) is 9.97 Å². The summed E-state index contributed by atoms with van der Waals surface area (Å²) in [5.74, 6) is -0.654. The standard InChI is InChI=1S/C12H12FN3O2S/c1-9-3-4-11(10(13)7-9)19(17,18)16(2)12-8-14-5-6-15-12/h3-8H,1-2H3. The second kappa shape index (κ2) is 4.93. The minimum Gasteiger partial charge on any atom is -0.259 e. The van der Waals surface area contributed by atoms with Gasteiger partial charge in [-0.1, -0.05) is 6.07 Å². The quantitative estimate of drug-likeness (QED) is 0.860. The molecule has 2 aromatic rings. The molecular formula is C12H12FN3O2S. The molecule has 0 atom stereocenters. The summed E-state index contributed by atoms with van der Waals surface area (Å²) < 4.78 is 39.2. The molecule has 0 saturated heterocycles. The van der Waals surface area contributed by atoms with E-state index in [2.05, 4.69) is 9.97 Å². The van der Waals surface area contributed by atoms with Crippen LogP contribution in [-0.2, 0) is 10.0 Å². The van der Waals surface area contributed by atoms with Crippen molar-refractivity contribution >= 4 is 15.8 Å². The van der Waals surface area contributed by atoms with Crippen LogP contribution in [0.5, 0.6) is 0 Å². The number of benzene rings is 1. The van der Waals surface area contributed by atoms with Crippen molar-refractivity contribution in [3.8, 4) is 0 Å². The number of anilines is 1. The summed E-state index contributed by atoms with van der Waals surface area (Å²) in [5, 5.41) is 0. The zero-order valence-corrected chi connectivity index (χ0v) is 11.2. The number of aryl methyl sites for hydroxylation is 1. The Hall–Kier alpha value is -2.02. The number of aromatic nitrogens is 2. The van der Waals surface area contributed by atoms with Crippen molar-refractivity contribution in [2.45, 2.75) is 11.8 Å². The maximum atomic E-state index is 13.8. The Morgan fingerprint density at radius 1 is 1.26 bits per heavy atom. The highest BCUT2D eigenvalue weighted by Gasteiger charge is 2.25. The molecule has 2 rings (SSSR count). The predicted molar refractivity (Wildman–Crippen MR) is 68.8 cm³/mol. The fourth-order valence-electron chi connectivity index (χ4n) is 1.54. The SMILES string of the molecule is Cc1ccc(S(=O)(=O)N(C)c2cnccn2)c(F)c1. The van der Waals surface area contributed by atoms with E-state index in [9.17, 15) is 12.8 Å². The lowest BCUT2D eigenvalue weighted by atomic mass is 10.2. The van der Waals surface area contributed by atoms with Crippen LogP contribution in [0.15, 0.2) is 41.7 Å². The maximum absolute atomic E-state index is 13.8. The van der Waals surface area contributed by atoms with E-state index < -0.39 is 15.8 Å². The fourth-order valence-corrected chi connectivity index (χ4v) is 2.72. The molecule has 100 valence electrons. The Balaban J connectivity index is 2.48. The molecule has 0 spiro atoms. The van der Waals surface area contributed by atoms with Crippen LogP contribution in [0.4, 0.5) is 10.2 Å². The van der Waals surface area contributed by atoms with Crippen LogP contribution in [0.25, 0.3) is 0 Å². The van der Waals surface area contributed by atoms with E-state index in [4.69, 9.17) is 0 Å². The van der Waals surface area contributed by atoms with Gasteiger partial charge in [0.2, 0.25) is 0 Å². The third kappa shape index (κ3) is 2.55. The molecule has 0 aliphatic rings. The molecule has 0 N–H and O–H groups in total. The van der Waals surface area contributed by atoms with Gasteiger partial charge in [0.05, 0.1) is 6.20 Å². The summed E-state index contributed by atoms with van der Waals surface area (Å²) in [4.78, 5) is 7.28. The molecule has 19 heavy (non-hydrogen) atoms. The normalized spacial score (nSPS) is 11.3. The first-order valence-electron chi connectivity index (χ1n) is 5.44. The van der Waals surface area contributed by atoms with Crippen LogP contribution < -0.4 is 4.31 Å². The van der Waals surface area contributed by atoms with E-state index in [1.807, 2.05) is 0 Å². The summed E-state index contributed by atoms with van der Waals surface area (Å²) in [6.45, 7) is 1.69. The number of rotatable bonds is 3. The highest BCUT2D eigenvalue weighted by atomic mass is 32.2. The van der Waals surface area contributed by atoms with E-state index in [1.54, 1.807) is 13.0 Å². The highest BCUT2D eigenvalue weighted by molar-refractivity contribution is 7.92.